The Morgan fingerprint density at radius 1 is 1.14 bits per heavy atom. The molecule has 0 radical (unpaired) electrons. The number of amides is 2. The maximum atomic E-state index is 12.5. The molecule has 3 N–H and O–H groups in total. The fraction of sp³-hybridized carbons (Fsp3) is 0.300. The number of carbonyl (C=O) groups excluding carboxylic acids is 2. The van der Waals surface area contributed by atoms with Crippen LogP contribution in [0.5, 0.6) is 0 Å². The summed E-state index contributed by atoms with van der Waals surface area (Å²) in [5.74, 6) is -1.56. The van der Waals surface area contributed by atoms with E-state index in [2.05, 4.69) is 15.8 Å². The van der Waals surface area contributed by atoms with Gasteiger partial charge >= 0.3 is 5.97 Å². The average molecular weight is 415 g/mol. The molecular weight excluding hydrogens is 394 g/mol. The Morgan fingerprint density at radius 3 is 2.45 bits per heavy atom. The number of thioether (sulfide) groups is 1. The first-order valence-electron chi connectivity index (χ1n) is 9.07. The molecule has 1 aromatic heterocycles. The molecule has 2 aromatic rings. The van der Waals surface area contributed by atoms with Gasteiger partial charge in [-0.2, -0.15) is 0 Å². The van der Waals surface area contributed by atoms with Gasteiger partial charge in [0.25, 0.3) is 0 Å². The highest BCUT2D eigenvalue weighted by atomic mass is 32.2. The van der Waals surface area contributed by atoms with Gasteiger partial charge in [-0.1, -0.05) is 17.3 Å². The van der Waals surface area contributed by atoms with Crippen molar-refractivity contribution < 1.29 is 24.0 Å². The fourth-order valence-corrected chi connectivity index (χ4v) is 3.70. The molecule has 8 nitrogen and oxygen atoms in total. The van der Waals surface area contributed by atoms with Crippen LogP contribution in [0.4, 0.5) is 11.5 Å². The van der Waals surface area contributed by atoms with Crippen LogP contribution in [0.2, 0.25) is 0 Å². The van der Waals surface area contributed by atoms with Crippen LogP contribution in [0, 0.1) is 18.8 Å². The second-order valence-electron chi connectivity index (χ2n) is 6.67. The molecule has 1 heterocycles. The van der Waals surface area contributed by atoms with Crippen molar-refractivity contribution in [1.82, 2.24) is 5.16 Å². The highest BCUT2D eigenvalue weighted by Crippen LogP contribution is 2.28. The number of nitrogens with zero attached hydrogens (tertiary/aromatic N) is 1. The minimum absolute atomic E-state index is 0.201. The lowest BCUT2D eigenvalue weighted by molar-refractivity contribution is -0.146. The molecule has 1 aliphatic rings. The Morgan fingerprint density at radius 2 is 1.83 bits per heavy atom. The average Bonchev–Trinajstić information content (AvgIpc) is 3.12. The Bertz CT molecular complexity index is 922. The van der Waals surface area contributed by atoms with Gasteiger partial charge in [0.1, 0.15) is 5.76 Å². The topological polar surface area (TPSA) is 122 Å². The van der Waals surface area contributed by atoms with Crippen molar-refractivity contribution in [2.45, 2.75) is 24.7 Å². The predicted molar refractivity (Wildman–Crippen MR) is 109 cm³/mol. The van der Waals surface area contributed by atoms with Crippen LogP contribution in [0.3, 0.4) is 0 Å². The smallest absolute Gasteiger partial charge is 0.307 e. The standard InChI is InChI=1S/C20H21N3O5S/c1-12-10-17(23-28-12)22-18(24)11-29-14-8-6-13(7-9-14)21-19(25)15-4-2-3-5-16(15)20(26)27/h2-3,6-10,15-16H,4-5,11H2,1H3,(H,21,25)(H,26,27)(H,22,23,24). The van der Waals surface area contributed by atoms with Crippen LogP contribution in [0.15, 0.2) is 51.9 Å². The maximum absolute atomic E-state index is 12.5. The van der Waals surface area contributed by atoms with E-state index in [-0.39, 0.29) is 17.6 Å². The van der Waals surface area contributed by atoms with E-state index in [0.717, 1.165) is 4.90 Å². The van der Waals surface area contributed by atoms with Crippen molar-refractivity contribution in [2.75, 3.05) is 16.4 Å². The fourth-order valence-electron chi connectivity index (χ4n) is 3.00. The first-order chi connectivity index (χ1) is 13.9. The van der Waals surface area contributed by atoms with Gasteiger partial charge in [0.05, 0.1) is 17.6 Å². The van der Waals surface area contributed by atoms with E-state index in [1.165, 1.54) is 11.8 Å². The summed E-state index contributed by atoms with van der Waals surface area (Å²) in [6.45, 7) is 1.74. The number of benzene rings is 1. The van der Waals surface area contributed by atoms with Crippen LogP contribution in [0.25, 0.3) is 0 Å². The summed E-state index contributed by atoms with van der Waals surface area (Å²) in [4.78, 5) is 36.6. The molecule has 3 rings (SSSR count). The Hall–Kier alpha value is -3.07. The van der Waals surface area contributed by atoms with Crippen LogP contribution in [-0.2, 0) is 14.4 Å². The van der Waals surface area contributed by atoms with Crippen LogP contribution in [-0.4, -0.2) is 33.8 Å². The third kappa shape index (κ3) is 5.71. The molecule has 29 heavy (non-hydrogen) atoms. The third-order valence-corrected chi connectivity index (χ3v) is 5.49. The number of carboxylic acids is 1. The number of aromatic nitrogens is 1. The van der Waals surface area contributed by atoms with E-state index in [1.807, 2.05) is 6.08 Å². The van der Waals surface area contributed by atoms with E-state index >= 15 is 0 Å². The Balaban J connectivity index is 1.50. The molecule has 9 heteroatoms. The number of nitrogens with one attached hydrogen (secondary N) is 2. The number of anilines is 2. The van der Waals surface area contributed by atoms with Gasteiger partial charge in [-0.3, -0.25) is 14.4 Å². The van der Waals surface area contributed by atoms with Crippen molar-refractivity contribution in [1.29, 1.82) is 0 Å². The minimum Gasteiger partial charge on any atom is -0.481 e. The third-order valence-electron chi connectivity index (χ3n) is 4.47. The molecule has 0 aliphatic heterocycles. The molecule has 2 atom stereocenters. The normalized spacial score (nSPS) is 18.2. The van der Waals surface area contributed by atoms with E-state index in [0.29, 0.717) is 30.1 Å². The van der Waals surface area contributed by atoms with Crippen LogP contribution < -0.4 is 10.6 Å². The van der Waals surface area contributed by atoms with E-state index in [4.69, 9.17) is 4.52 Å². The summed E-state index contributed by atoms with van der Waals surface area (Å²) < 4.78 is 4.89. The van der Waals surface area contributed by atoms with Gasteiger partial charge in [-0.25, -0.2) is 0 Å². The van der Waals surface area contributed by atoms with Gasteiger partial charge in [0, 0.05) is 16.6 Å². The zero-order valence-corrected chi connectivity index (χ0v) is 16.6. The second-order valence-corrected chi connectivity index (χ2v) is 7.72. The molecule has 2 amide bonds. The summed E-state index contributed by atoms with van der Waals surface area (Å²) in [5, 5.41) is 18.4. The van der Waals surface area contributed by atoms with E-state index in [9.17, 15) is 19.5 Å². The van der Waals surface area contributed by atoms with Gasteiger partial charge in [-0.05, 0) is 44.0 Å². The molecule has 1 aromatic carbocycles. The number of aliphatic carboxylic acids is 1. The predicted octanol–water partition coefficient (Wildman–Crippen LogP) is 3.32. The van der Waals surface area contributed by atoms with Crippen molar-refractivity contribution in [3.05, 3.63) is 48.2 Å². The number of allylic oxidation sites excluding steroid dienone is 2. The molecule has 0 bridgehead atoms. The monoisotopic (exact) mass is 415 g/mol. The lowest BCUT2D eigenvalue weighted by atomic mass is 9.82. The molecule has 0 saturated heterocycles. The number of rotatable bonds is 7. The maximum Gasteiger partial charge on any atom is 0.307 e. The number of carboxylic acid groups (broad SMARTS) is 1. The number of carbonyl (C=O) groups is 3. The lowest BCUT2D eigenvalue weighted by Crippen LogP contribution is -2.34. The highest BCUT2D eigenvalue weighted by Gasteiger charge is 2.33. The number of hydrogen-bond donors (Lipinski definition) is 3. The van der Waals surface area contributed by atoms with Crippen LogP contribution in [0.1, 0.15) is 18.6 Å². The summed E-state index contributed by atoms with van der Waals surface area (Å²) in [5.41, 5.74) is 0.584. The van der Waals surface area contributed by atoms with Gasteiger partial charge in [0.15, 0.2) is 5.82 Å². The molecule has 152 valence electrons. The van der Waals surface area contributed by atoms with Gasteiger partial charge in [0.2, 0.25) is 11.8 Å². The largest absolute Gasteiger partial charge is 0.481 e. The minimum atomic E-state index is -0.958. The first kappa shape index (κ1) is 20.7. The number of hydrogen-bond acceptors (Lipinski definition) is 6. The zero-order chi connectivity index (χ0) is 20.8. The van der Waals surface area contributed by atoms with Gasteiger partial charge in [-0.15, -0.1) is 11.8 Å². The molecule has 2 unspecified atom stereocenters. The molecular formula is C20H21N3O5S. The summed E-state index contributed by atoms with van der Waals surface area (Å²) in [6.07, 6.45) is 4.42. The lowest BCUT2D eigenvalue weighted by Gasteiger charge is -2.24. The van der Waals surface area contributed by atoms with Crippen LogP contribution >= 0.6 is 11.8 Å². The summed E-state index contributed by atoms with van der Waals surface area (Å²) in [6, 6.07) is 8.69. The summed E-state index contributed by atoms with van der Waals surface area (Å²) in [7, 11) is 0. The first-order valence-corrected chi connectivity index (χ1v) is 10.1. The quantitative estimate of drug-likeness (QED) is 0.468. The zero-order valence-electron chi connectivity index (χ0n) is 15.8. The molecule has 1 aliphatic carbocycles. The SMILES string of the molecule is Cc1cc(NC(=O)CSc2ccc(NC(=O)C3CC=CCC3C(=O)O)cc2)no1. The summed E-state index contributed by atoms with van der Waals surface area (Å²) >= 11 is 1.34. The van der Waals surface area contributed by atoms with E-state index in [1.54, 1.807) is 43.3 Å². The number of aryl methyl sites for hydroxylation is 1. The van der Waals surface area contributed by atoms with Gasteiger partial charge < -0.3 is 20.3 Å². The second kappa shape index (κ2) is 9.42. The van der Waals surface area contributed by atoms with Crippen molar-refractivity contribution >= 4 is 41.1 Å². The molecule has 0 saturated carbocycles. The highest BCUT2D eigenvalue weighted by molar-refractivity contribution is 8.00. The van der Waals surface area contributed by atoms with Crippen molar-refractivity contribution in [2.24, 2.45) is 11.8 Å². The Kier molecular flexibility index (Phi) is 6.71. The Labute approximate surface area is 171 Å². The van der Waals surface area contributed by atoms with Crippen molar-refractivity contribution in [3.8, 4) is 0 Å². The molecule has 0 spiro atoms. The van der Waals surface area contributed by atoms with Crippen molar-refractivity contribution in [3.63, 3.8) is 0 Å². The van der Waals surface area contributed by atoms with E-state index < -0.39 is 17.8 Å². The molecule has 0 fully saturated rings.